The maximum atomic E-state index is 12.8. The number of anilines is 1. The van der Waals surface area contributed by atoms with E-state index in [1.165, 1.54) is 6.20 Å². The molecule has 3 amide bonds. The van der Waals surface area contributed by atoms with Crippen molar-refractivity contribution in [3.8, 4) is 0 Å². The van der Waals surface area contributed by atoms with Crippen LogP contribution in [0.4, 0.5) is 10.6 Å². The van der Waals surface area contributed by atoms with Crippen molar-refractivity contribution in [2.45, 2.75) is 82.8 Å². The molecule has 0 saturated carbocycles. The summed E-state index contributed by atoms with van der Waals surface area (Å²) in [5.74, 6) is -1.06. The fourth-order valence-electron chi connectivity index (χ4n) is 5.07. The van der Waals surface area contributed by atoms with Crippen molar-refractivity contribution in [3.05, 3.63) is 47.9 Å². The number of nitrogens with one attached hydrogen (secondary N) is 2. The minimum atomic E-state index is -1.42. The Morgan fingerprint density at radius 1 is 1.13 bits per heavy atom. The van der Waals surface area contributed by atoms with Gasteiger partial charge in [0.2, 0.25) is 11.8 Å². The summed E-state index contributed by atoms with van der Waals surface area (Å²) in [6, 6.07) is 6.34. The van der Waals surface area contributed by atoms with Gasteiger partial charge in [-0.15, -0.1) is 0 Å². The van der Waals surface area contributed by atoms with Gasteiger partial charge in [-0.3, -0.25) is 19.5 Å². The van der Waals surface area contributed by atoms with Crippen LogP contribution in [0.2, 0.25) is 0 Å². The summed E-state index contributed by atoms with van der Waals surface area (Å²) < 4.78 is 25.0. The van der Waals surface area contributed by atoms with Crippen molar-refractivity contribution in [2.24, 2.45) is 5.92 Å². The Bertz CT molecular complexity index is 1410. The topological polar surface area (TPSA) is 160 Å². The van der Waals surface area contributed by atoms with Gasteiger partial charge in [0.25, 0.3) is 0 Å². The molecule has 4 rings (SSSR count). The van der Waals surface area contributed by atoms with Gasteiger partial charge in [0, 0.05) is 50.7 Å². The number of aryl methyl sites for hydroxylation is 2. The molecule has 1 saturated heterocycles. The number of carbonyl (C=O) groups excluding carboxylic acids is 4. The molecule has 46 heavy (non-hydrogen) atoms. The molecule has 13 nitrogen and oxygen atoms in total. The highest BCUT2D eigenvalue weighted by Crippen LogP contribution is 2.27. The first kappa shape index (κ1) is 35.0. The smallest absolute Gasteiger partial charge is 0.416 e. The number of carbonyl (C=O) groups is 4. The second-order valence-corrected chi connectivity index (χ2v) is 13.8. The molecular formula is C32H44N6O7S. The van der Waals surface area contributed by atoms with E-state index in [1.54, 1.807) is 34.5 Å². The molecule has 4 heterocycles. The first-order chi connectivity index (χ1) is 21.9. The van der Waals surface area contributed by atoms with Crippen molar-refractivity contribution >= 4 is 40.7 Å². The molecule has 1 fully saturated rings. The molecule has 2 aliphatic rings. The molecule has 2 atom stereocenters. The Morgan fingerprint density at radius 3 is 2.61 bits per heavy atom. The highest BCUT2D eigenvalue weighted by atomic mass is 32.2. The van der Waals surface area contributed by atoms with Crippen molar-refractivity contribution in [2.75, 3.05) is 37.7 Å². The highest BCUT2D eigenvalue weighted by Gasteiger charge is 2.38. The molecule has 14 heteroatoms. The van der Waals surface area contributed by atoms with Crippen molar-refractivity contribution in [1.29, 1.82) is 0 Å². The van der Waals surface area contributed by atoms with E-state index in [4.69, 9.17) is 14.5 Å². The minimum absolute atomic E-state index is 0.103. The van der Waals surface area contributed by atoms with Gasteiger partial charge in [0.15, 0.2) is 0 Å². The summed E-state index contributed by atoms with van der Waals surface area (Å²) in [7, 11) is -1.42. The van der Waals surface area contributed by atoms with E-state index in [-0.39, 0.29) is 44.5 Å². The number of ether oxygens (including phenoxy) is 2. The second-order valence-electron chi connectivity index (χ2n) is 12.3. The van der Waals surface area contributed by atoms with Gasteiger partial charge in [-0.1, -0.05) is 6.07 Å². The van der Waals surface area contributed by atoms with E-state index >= 15 is 0 Å². The lowest BCUT2D eigenvalue weighted by Gasteiger charge is -2.37. The zero-order valence-corrected chi connectivity index (χ0v) is 27.8. The van der Waals surface area contributed by atoms with Crippen LogP contribution in [-0.4, -0.2) is 86.8 Å². The third-order valence-corrected chi connectivity index (χ3v) is 8.89. The maximum Gasteiger partial charge on any atom is 0.416 e. The molecular weight excluding hydrogens is 612 g/mol. The van der Waals surface area contributed by atoms with Gasteiger partial charge in [-0.2, -0.15) is 0 Å². The van der Waals surface area contributed by atoms with E-state index in [2.05, 4.69) is 15.6 Å². The molecule has 2 aromatic rings. The number of rotatable bonds is 13. The predicted molar refractivity (Wildman–Crippen MR) is 171 cm³/mol. The van der Waals surface area contributed by atoms with Crippen LogP contribution in [0.15, 0.2) is 41.6 Å². The minimum Gasteiger partial charge on any atom is -0.464 e. The second kappa shape index (κ2) is 16.1. The third kappa shape index (κ3) is 9.79. The van der Waals surface area contributed by atoms with Crippen LogP contribution in [0.25, 0.3) is 0 Å². The molecule has 0 bridgehead atoms. The molecule has 0 spiro atoms. The largest absolute Gasteiger partial charge is 0.464 e. The summed E-state index contributed by atoms with van der Waals surface area (Å²) in [6.45, 7) is 8.30. The molecule has 2 N–H and O–H groups in total. The Hall–Kier alpha value is -3.91. The fourth-order valence-corrected chi connectivity index (χ4v) is 6.35. The van der Waals surface area contributed by atoms with Crippen LogP contribution in [0, 0.1) is 5.92 Å². The molecule has 0 aliphatic carbocycles. The first-order valence-corrected chi connectivity index (χ1v) is 16.9. The van der Waals surface area contributed by atoms with Crippen molar-refractivity contribution < 1.29 is 32.9 Å². The van der Waals surface area contributed by atoms with E-state index in [0.717, 1.165) is 24.1 Å². The highest BCUT2D eigenvalue weighted by molar-refractivity contribution is 7.82. The fraction of sp³-hybridized carbons (Fsp3) is 0.562. The Balaban J connectivity index is 1.21. The van der Waals surface area contributed by atoms with Crippen LogP contribution >= 0.6 is 0 Å². The number of hydrogen-bond acceptors (Lipinski definition) is 9. The zero-order chi connectivity index (χ0) is 33.3. The molecule has 250 valence electrons. The van der Waals surface area contributed by atoms with Gasteiger partial charge in [0.05, 0.1) is 17.4 Å². The quantitative estimate of drug-likeness (QED) is 0.244. The Morgan fingerprint density at radius 2 is 1.91 bits per heavy atom. The van der Waals surface area contributed by atoms with Gasteiger partial charge < -0.3 is 20.1 Å². The summed E-state index contributed by atoms with van der Waals surface area (Å²) in [5.41, 5.74) is 1.24. The van der Waals surface area contributed by atoms with Crippen LogP contribution in [0.1, 0.15) is 64.6 Å². The number of fused-ring (bicyclic) bond motifs is 1. The third-order valence-electron chi connectivity index (χ3n) is 7.48. The van der Waals surface area contributed by atoms with E-state index in [9.17, 15) is 23.4 Å². The molecule has 2 aromatic heterocycles. The van der Waals surface area contributed by atoms with Crippen LogP contribution in [-0.2, 0) is 47.7 Å². The standard InChI is InChI=1S/C32H44N6O7S/c1-5-44-30(41)26(36-29(40)23-20-37(21-23)46(43)25-12-8-16-33-18-25)19-34-27(39)13-7-6-11-24-15-14-22-10-9-17-38(28(22)35-24)31(42)45-32(2,3)4/h8,12,14-16,18,23,26H,5-7,9-11,13,17,19-21H2,1-4H3,(H,34,39)(H,36,40). The van der Waals surface area contributed by atoms with Crippen LogP contribution in [0.5, 0.6) is 0 Å². The molecule has 0 radical (unpaired) electrons. The summed E-state index contributed by atoms with van der Waals surface area (Å²) in [4.78, 5) is 61.6. The number of nitrogens with zero attached hydrogens (tertiary/aromatic N) is 4. The molecule has 2 aliphatic heterocycles. The summed E-state index contributed by atoms with van der Waals surface area (Å²) in [6.07, 6.45) is 6.56. The van der Waals surface area contributed by atoms with E-state index < -0.39 is 40.6 Å². The van der Waals surface area contributed by atoms with Crippen molar-refractivity contribution in [1.82, 2.24) is 24.9 Å². The number of hydrogen-bond donors (Lipinski definition) is 2. The average Bonchev–Trinajstić information content (AvgIpc) is 2.99. The lowest BCUT2D eigenvalue weighted by molar-refractivity contribution is -0.148. The SMILES string of the molecule is CCOC(=O)C(CNC(=O)CCCCc1ccc2c(n1)N(C(=O)OC(C)(C)C)CCC2)NC(=O)C1CN(S(=O)c2cccnc2)C1. The number of esters is 1. The van der Waals surface area contributed by atoms with Gasteiger partial charge in [-0.05, 0) is 83.6 Å². The lowest BCUT2D eigenvalue weighted by atomic mass is 10.0. The lowest BCUT2D eigenvalue weighted by Crippen LogP contribution is -2.58. The van der Waals surface area contributed by atoms with Crippen LogP contribution in [0.3, 0.4) is 0 Å². The monoisotopic (exact) mass is 656 g/mol. The van der Waals surface area contributed by atoms with Crippen molar-refractivity contribution in [3.63, 3.8) is 0 Å². The van der Waals surface area contributed by atoms with E-state index in [1.807, 2.05) is 32.9 Å². The van der Waals surface area contributed by atoms with Gasteiger partial charge in [0.1, 0.15) is 28.4 Å². The zero-order valence-electron chi connectivity index (χ0n) is 27.0. The summed E-state index contributed by atoms with van der Waals surface area (Å²) in [5, 5.41) is 5.42. The summed E-state index contributed by atoms with van der Waals surface area (Å²) >= 11 is 0. The first-order valence-electron chi connectivity index (χ1n) is 15.7. The molecule has 2 unspecified atom stereocenters. The normalized spacial score (nSPS) is 16.4. The number of aromatic nitrogens is 2. The maximum absolute atomic E-state index is 12.8. The predicted octanol–water partition coefficient (Wildman–Crippen LogP) is 2.70. The number of unbranched alkanes of at least 4 members (excludes halogenated alkanes) is 1. The number of pyridine rings is 2. The van der Waals surface area contributed by atoms with Gasteiger partial charge >= 0.3 is 12.1 Å². The van der Waals surface area contributed by atoms with Crippen LogP contribution < -0.4 is 15.5 Å². The Kier molecular flexibility index (Phi) is 12.2. The average molecular weight is 657 g/mol. The Labute approximate surface area is 272 Å². The van der Waals surface area contributed by atoms with Gasteiger partial charge in [-0.25, -0.2) is 23.1 Å². The number of amides is 3. The molecule has 0 aromatic carbocycles. The van der Waals surface area contributed by atoms with E-state index in [0.29, 0.717) is 36.5 Å².